The Labute approximate surface area is 103 Å². The van der Waals surface area contributed by atoms with Crippen LogP contribution in [0.2, 0.25) is 0 Å². The predicted molar refractivity (Wildman–Crippen MR) is 64.7 cm³/mol. The topological polar surface area (TPSA) is 63.1 Å². The summed E-state index contributed by atoms with van der Waals surface area (Å²) in [4.78, 5) is 19.3. The number of carboxylic acids is 1. The van der Waals surface area contributed by atoms with Gasteiger partial charge in [0.1, 0.15) is 5.25 Å². The fourth-order valence-corrected chi connectivity index (χ4v) is 2.19. The molecule has 86 valence electrons. The zero-order chi connectivity index (χ0) is 12.1. The summed E-state index contributed by atoms with van der Waals surface area (Å²) in [7, 11) is 0. The Bertz CT molecular complexity index is 490. The fourth-order valence-electron chi connectivity index (χ4n) is 1.34. The Hall–Kier alpha value is -1.88. The van der Waals surface area contributed by atoms with Crippen LogP contribution in [0.1, 0.15) is 10.8 Å². The molecule has 2 rings (SSSR count). The van der Waals surface area contributed by atoms with Crippen LogP contribution in [0.25, 0.3) is 0 Å². The average Bonchev–Trinajstić information content (AvgIpc) is 2.38. The molecule has 0 bridgehead atoms. The lowest BCUT2D eigenvalue weighted by Crippen LogP contribution is -2.08. The van der Waals surface area contributed by atoms with E-state index in [4.69, 9.17) is 0 Å². The van der Waals surface area contributed by atoms with Gasteiger partial charge in [0.05, 0.1) is 0 Å². The van der Waals surface area contributed by atoms with E-state index < -0.39 is 11.2 Å². The van der Waals surface area contributed by atoms with E-state index in [-0.39, 0.29) is 0 Å². The van der Waals surface area contributed by atoms with Crippen molar-refractivity contribution in [2.75, 3.05) is 0 Å². The summed E-state index contributed by atoms with van der Waals surface area (Å²) in [6.07, 6.45) is 3.19. The van der Waals surface area contributed by atoms with Crippen molar-refractivity contribution in [1.29, 1.82) is 0 Å². The Morgan fingerprint density at radius 1 is 1.12 bits per heavy atom. The summed E-state index contributed by atoms with van der Waals surface area (Å²) in [5.74, 6) is -0.895. The first-order chi connectivity index (χ1) is 8.27. The van der Waals surface area contributed by atoms with Crippen molar-refractivity contribution in [3.8, 4) is 0 Å². The van der Waals surface area contributed by atoms with Gasteiger partial charge in [0.2, 0.25) is 0 Å². The van der Waals surface area contributed by atoms with E-state index in [9.17, 15) is 9.90 Å². The molecule has 1 aromatic carbocycles. The fraction of sp³-hybridized carbons (Fsp3) is 0.0833. The second-order valence-corrected chi connectivity index (χ2v) is 4.35. The molecule has 17 heavy (non-hydrogen) atoms. The van der Waals surface area contributed by atoms with Crippen molar-refractivity contribution in [3.05, 3.63) is 54.4 Å². The zero-order valence-corrected chi connectivity index (χ0v) is 9.67. The monoisotopic (exact) mass is 246 g/mol. The molecule has 1 heterocycles. The molecule has 1 aromatic heterocycles. The van der Waals surface area contributed by atoms with Gasteiger partial charge in [-0.2, -0.15) is 0 Å². The number of carboxylic acid groups (broad SMARTS) is 1. The van der Waals surface area contributed by atoms with Gasteiger partial charge in [-0.3, -0.25) is 4.79 Å². The van der Waals surface area contributed by atoms with E-state index in [1.807, 2.05) is 18.2 Å². The second-order valence-electron chi connectivity index (χ2n) is 3.28. The Balaban J connectivity index is 2.23. The minimum absolute atomic E-state index is 0.462. The van der Waals surface area contributed by atoms with Gasteiger partial charge in [-0.1, -0.05) is 42.1 Å². The highest BCUT2D eigenvalue weighted by Crippen LogP contribution is 2.32. The van der Waals surface area contributed by atoms with Crippen LogP contribution >= 0.6 is 11.8 Å². The highest BCUT2D eigenvalue weighted by atomic mass is 32.2. The highest BCUT2D eigenvalue weighted by molar-refractivity contribution is 8.00. The Kier molecular flexibility index (Phi) is 3.72. The molecule has 0 spiro atoms. The molecule has 1 N–H and O–H groups in total. The summed E-state index contributed by atoms with van der Waals surface area (Å²) in [6, 6.07) is 10.8. The molecule has 2 aromatic rings. The van der Waals surface area contributed by atoms with Crippen molar-refractivity contribution in [1.82, 2.24) is 9.97 Å². The number of hydrogen-bond donors (Lipinski definition) is 1. The molecule has 0 aliphatic heterocycles. The Morgan fingerprint density at radius 3 is 2.35 bits per heavy atom. The van der Waals surface area contributed by atoms with Crippen molar-refractivity contribution in [2.45, 2.75) is 10.4 Å². The molecule has 0 aliphatic carbocycles. The predicted octanol–water partition coefficient (Wildman–Crippen LogP) is 2.39. The van der Waals surface area contributed by atoms with Crippen LogP contribution in [0.3, 0.4) is 0 Å². The quantitative estimate of drug-likeness (QED) is 0.663. The molecule has 0 saturated heterocycles. The van der Waals surface area contributed by atoms with Gasteiger partial charge in [-0.15, -0.1) is 0 Å². The SMILES string of the molecule is O=C(O)[C@H](Sc1ncccn1)c1ccccc1. The van der Waals surface area contributed by atoms with E-state index in [0.717, 1.165) is 17.3 Å². The van der Waals surface area contributed by atoms with Crippen LogP contribution in [0.15, 0.2) is 53.9 Å². The second kappa shape index (κ2) is 5.45. The molecule has 0 aliphatic rings. The van der Waals surface area contributed by atoms with E-state index in [1.54, 1.807) is 30.6 Å². The third-order valence-electron chi connectivity index (χ3n) is 2.09. The number of aromatic nitrogens is 2. The van der Waals surface area contributed by atoms with Gasteiger partial charge in [-0.25, -0.2) is 9.97 Å². The first-order valence-corrected chi connectivity index (χ1v) is 5.87. The largest absolute Gasteiger partial charge is 0.480 e. The number of aliphatic carboxylic acids is 1. The van der Waals surface area contributed by atoms with Gasteiger partial charge in [-0.05, 0) is 11.6 Å². The van der Waals surface area contributed by atoms with Crippen LogP contribution in [0, 0.1) is 0 Å². The van der Waals surface area contributed by atoms with Gasteiger partial charge in [0.15, 0.2) is 5.16 Å². The van der Waals surface area contributed by atoms with Gasteiger partial charge in [0.25, 0.3) is 0 Å². The molecule has 1 atom stereocenters. The standard InChI is InChI=1S/C12H10N2O2S/c15-11(16)10(9-5-2-1-3-6-9)17-12-13-7-4-8-14-12/h1-8,10H,(H,15,16)/t10-/m1/s1. The van der Waals surface area contributed by atoms with Crippen molar-refractivity contribution in [3.63, 3.8) is 0 Å². The highest BCUT2D eigenvalue weighted by Gasteiger charge is 2.21. The van der Waals surface area contributed by atoms with Gasteiger partial charge < -0.3 is 5.11 Å². The molecule has 0 amide bonds. The van der Waals surface area contributed by atoms with Crippen LogP contribution < -0.4 is 0 Å². The molecular formula is C12H10N2O2S. The number of benzene rings is 1. The lowest BCUT2D eigenvalue weighted by atomic mass is 10.1. The average molecular weight is 246 g/mol. The summed E-state index contributed by atoms with van der Waals surface area (Å²) in [5.41, 5.74) is 0.734. The molecule has 0 saturated carbocycles. The van der Waals surface area contributed by atoms with Crippen molar-refractivity contribution in [2.24, 2.45) is 0 Å². The van der Waals surface area contributed by atoms with Crippen LogP contribution in [0.5, 0.6) is 0 Å². The van der Waals surface area contributed by atoms with Gasteiger partial charge >= 0.3 is 5.97 Å². The third kappa shape index (κ3) is 3.04. The summed E-state index contributed by atoms with van der Waals surface area (Å²) in [6.45, 7) is 0. The number of thioether (sulfide) groups is 1. The molecule has 5 heteroatoms. The van der Waals surface area contributed by atoms with Crippen LogP contribution in [-0.4, -0.2) is 21.0 Å². The van der Waals surface area contributed by atoms with Crippen LogP contribution in [0.4, 0.5) is 0 Å². The molecule has 4 nitrogen and oxygen atoms in total. The molecule has 0 radical (unpaired) electrons. The number of carbonyl (C=O) groups is 1. The third-order valence-corrected chi connectivity index (χ3v) is 3.22. The smallest absolute Gasteiger partial charge is 0.321 e. The maximum absolute atomic E-state index is 11.2. The summed E-state index contributed by atoms with van der Waals surface area (Å²) in [5, 5.41) is 8.99. The maximum Gasteiger partial charge on any atom is 0.321 e. The summed E-state index contributed by atoms with van der Waals surface area (Å²) < 4.78 is 0. The maximum atomic E-state index is 11.2. The van der Waals surface area contributed by atoms with E-state index >= 15 is 0 Å². The minimum atomic E-state index is -0.895. The lowest BCUT2D eigenvalue weighted by molar-refractivity contribution is -0.136. The normalized spacial score (nSPS) is 12.0. The number of hydrogen-bond acceptors (Lipinski definition) is 4. The van der Waals surface area contributed by atoms with Crippen LogP contribution in [-0.2, 0) is 4.79 Å². The minimum Gasteiger partial charge on any atom is -0.480 e. The first kappa shape index (κ1) is 11.6. The van der Waals surface area contributed by atoms with Crippen molar-refractivity contribution >= 4 is 17.7 Å². The lowest BCUT2D eigenvalue weighted by Gasteiger charge is -2.10. The summed E-state index contributed by atoms with van der Waals surface area (Å²) >= 11 is 1.13. The van der Waals surface area contributed by atoms with E-state index in [0.29, 0.717) is 5.16 Å². The molecule has 0 fully saturated rings. The number of rotatable bonds is 4. The van der Waals surface area contributed by atoms with E-state index in [2.05, 4.69) is 9.97 Å². The number of nitrogens with zero attached hydrogens (tertiary/aromatic N) is 2. The first-order valence-electron chi connectivity index (χ1n) is 4.99. The molecular weight excluding hydrogens is 236 g/mol. The van der Waals surface area contributed by atoms with E-state index in [1.165, 1.54) is 0 Å². The Morgan fingerprint density at radius 2 is 1.76 bits per heavy atom. The van der Waals surface area contributed by atoms with Crippen molar-refractivity contribution < 1.29 is 9.90 Å². The van der Waals surface area contributed by atoms with Gasteiger partial charge in [0, 0.05) is 12.4 Å². The zero-order valence-electron chi connectivity index (χ0n) is 8.85. The molecule has 0 unspecified atom stereocenters.